The fourth-order valence-electron chi connectivity index (χ4n) is 2.66. The lowest BCUT2D eigenvalue weighted by Crippen LogP contribution is -2.20. The van der Waals surface area contributed by atoms with Crippen molar-refractivity contribution in [2.75, 3.05) is 32.0 Å². The van der Waals surface area contributed by atoms with Crippen molar-refractivity contribution in [2.24, 2.45) is 5.92 Å². The van der Waals surface area contributed by atoms with E-state index in [9.17, 15) is 0 Å². The molecule has 1 aliphatic rings. The van der Waals surface area contributed by atoms with E-state index in [4.69, 9.17) is 0 Å². The summed E-state index contributed by atoms with van der Waals surface area (Å²) in [5.41, 5.74) is 1.14. The number of hydrogen-bond donors (Lipinski definition) is 1. The third-order valence-corrected chi connectivity index (χ3v) is 3.71. The maximum atomic E-state index is 4.41. The average Bonchev–Trinajstić information content (AvgIpc) is 3.06. The smallest absolute Gasteiger partial charge is 0.207 e. The minimum absolute atomic E-state index is 0.728. The van der Waals surface area contributed by atoms with Gasteiger partial charge >= 0.3 is 0 Å². The molecule has 1 unspecified atom stereocenters. The van der Waals surface area contributed by atoms with Crippen LogP contribution >= 0.6 is 0 Å². The van der Waals surface area contributed by atoms with Crippen LogP contribution < -0.4 is 5.32 Å². The molecule has 19 heavy (non-hydrogen) atoms. The maximum Gasteiger partial charge on any atom is 0.207 e. The van der Waals surface area contributed by atoms with E-state index in [1.54, 1.807) is 0 Å². The third-order valence-electron chi connectivity index (χ3n) is 3.71. The quantitative estimate of drug-likeness (QED) is 0.910. The zero-order valence-electron chi connectivity index (χ0n) is 11.3. The highest BCUT2D eigenvalue weighted by molar-refractivity contribution is 5.41. The molecule has 1 saturated heterocycles. The molecule has 1 aromatic carbocycles. The van der Waals surface area contributed by atoms with Crippen molar-refractivity contribution in [3.05, 3.63) is 42.7 Å². The molecular weight excluding hydrogens is 236 g/mol. The van der Waals surface area contributed by atoms with Crippen LogP contribution in [0.1, 0.15) is 6.42 Å². The molecule has 0 amide bonds. The zero-order valence-corrected chi connectivity index (χ0v) is 11.3. The van der Waals surface area contributed by atoms with Crippen LogP contribution in [-0.2, 0) is 0 Å². The molecule has 3 rings (SSSR count). The minimum Gasteiger partial charge on any atom is -0.355 e. The van der Waals surface area contributed by atoms with Gasteiger partial charge in [-0.2, -0.15) is 0 Å². The van der Waals surface area contributed by atoms with Crippen LogP contribution in [0.4, 0.5) is 5.95 Å². The number of para-hydroxylation sites is 1. The van der Waals surface area contributed by atoms with Crippen LogP contribution in [0.5, 0.6) is 0 Å². The fraction of sp³-hybridized carbons (Fsp3) is 0.400. The van der Waals surface area contributed by atoms with Crippen LogP contribution in [0, 0.1) is 5.92 Å². The van der Waals surface area contributed by atoms with E-state index >= 15 is 0 Å². The Kier molecular flexibility index (Phi) is 3.51. The van der Waals surface area contributed by atoms with E-state index < -0.39 is 0 Å². The van der Waals surface area contributed by atoms with Crippen molar-refractivity contribution in [3.8, 4) is 5.69 Å². The van der Waals surface area contributed by atoms with E-state index in [1.165, 1.54) is 19.5 Å². The molecule has 1 aromatic heterocycles. The van der Waals surface area contributed by atoms with E-state index in [1.807, 2.05) is 30.6 Å². The number of nitrogens with zero attached hydrogens (tertiary/aromatic N) is 3. The molecule has 0 bridgehead atoms. The van der Waals surface area contributed by atoms with Crippen LogP contribution in [0.2, 0.25) is 0 Å². The maximum absolute atomic E-state index is 4.41. The van der Waals surface area contributed by atoms with Gasteiger partial charge in [0.25, 0.3) is 0 Å². The topological polar surface area (TPSA) is 33.1 Å². The first kappa shape index (κ1) is 12.2. The molecule has 1 aliphatic heterocycles. The normalized spacial score (nSPS) is 19.7. The van der Waals surface area contributed by atoms with Crippen LogP contribution in [0.3, 0.4) is 0 Å². The molecule has 0 saturated carbocycles. The van der Waals surface area contributed by atoms with E-state index in [-0.39, 0.29) is 0 Å². The van der Waals surface area contributed by atoms with E-state index in [0.29, 0.717) is 0 Å². The van der Waals surface area contributed by atoms with Crippen LogP contribution in [0.25, 0.3) is 5.69 Å². The molecule has 100 valence electrons. The first-order valence-corrected chi connectivity index (χ1v) is 6.84. The standard InChI is InChI=1S/C15H20N4/c1-18-9-7-13(12-18)11-17-15-16-8-10-19(15)14-5-3-2-4-6-14/h2-6,8,10,13H,7,9,11-12H2,1H3,(H,16,17). The monoisotopic (exact) mass is 256 g/mol. The summed E-state index contributed by atoms with van der Waals surface area (Å²) >= 11 is 0. The molecule has 1 N–H and O–H groups in total. The lowest BCUT2D eigenvalue weighted by Gasteiger charge is -2.13. The SMILES string of the molecule is CN1CCC(CNc2nccn2-c2ccccc2)C1. The molecule has 2 aromatic rings. The van der Waals surface area contributed by atoms with Gasteiger partial charge in [0, 0.05) is 31.2 Å². The second kappa shape index (κ2) is 5.45. The molecule has 0 aliphatic carbocycles. The summed E-state index contributed by atoms with van der Waals surface area (Å²) in [6, 6.07) is 10.3. The Hall–Kier alpha value is -1.81. The summed E-state index contributed by atoms with van der Waals surface area (Å²) in [7, 11) is 2.19. The summed E-state index contributed by atoms with van der Waals surface area (Å²) in [6.07, 6.45) is 5.12. The van der Waals surface area contributed by atoms with Crippen molar-refractivity contribution in [3.63, 3.8) is 0 Å². The predicted octanol–water partition coefficient (Wildman–Crippen LogP) is 2.24. The summed E-state index contributed by atoms with van der Waals surface area (Å²) in [6.45, 7) is 3.38. The van der Waals surface area contributed by atoms with Gasteiger partial charge in [-0.15, -0.1) is 0 Å². The molecule has 1 atom stereocenters. The average molecular weight is 256 g/mol. The highest BCUT2D eigenvalue weighted by Crippen LogP contribution is 2.17. The van der Waals surface area contributed by atoms with Gasteiger partial charge in [-0.1, -0.05) is 18.2 Å². The number of imidazole rings is 1. The van der Waals surface area contributed by atoms with Crippen LogP contribution in [0.15, 0.2) is 42.7 Å². The lowest BCUT2D eigenvalue weighted by atomic mass is 10.1. The van der Waals surface area contributed by atoms with Gasteiger partial charge in [0.05, 0.1) is 0 Å². The number of likely N-dealkylation sites (tertiary alicyclic amines) is 1. The second-order valence-electron chi connectivity index (χ2n) is 5.25. The molecule has 4 heteroatoms. The molecular formula is C15H20N4. The summed E-state index contributed by atoms with van der Waals surface area (Å²) < 4.78 is 2.10. The molecule has 1 fully saturated rings. The fourth-order valence-corrected chi connectivity index (χ4v) is 2.66. The van der Waals surface area contributed by atoms with Crippen molar-refractivity contribution in [1.82, 2.24) is 14.5 Å². The minimum atomic E-state index is 0.728. The van der Waals surface area contributed by atoms with Gasteiger partial charge in [-0.3, -0.25) is 4.57 Å². The van der Waals surface area contributed by atoms with Crippen LogP contribution in [-0.4, -0.2) is 41.1 Å². The Morgan fingerprint density at radius 3 is 2.89 bits per heavy atom. The largest absolute Gasteiger partial charge is 0.355 e. The zero-order chi connectivity index (χ0) is 13.1. The Balaban J connectivity index is 1.67. The second-order valence-corrected chi connectivity index (χ2v) is 5.25. The molecule has 0 radical (unpaired) electrons. The van der Waals surface area contributed by atoms with Gasteiger partial charge < -0.3 is 10.2 Å². The highest BCUT2D eigenvalue weighted by atomic mass is 15.2. The lowest BCUT2D eigenvalue weighted by molar-refractivity contribution is 0.399. The summed E-state index contributed by atoms with van der Waals surface area (Å²) in [5, 5.41) is 3.48. The van der Waals surface area contributed by atoms with E-state index in [0.717, 1.165) is 24.1 Å². The Morgan fingerprint density at radius 2 is 2.16 bits per heavy atom. The van der Waals surface area contributed by atoms with Gasteiger partial charge in [-0.25, -0.2) is 4.98 Å². The van der Waals surface area contributed by atoms with Crippen molar-refractivity contribution >= 4 is 5.95 Å². The van der Waals surface area contributed by atoms with E-state index in [2.05, 4.69) is 38.9 Å². The Bertz CT molecular complexity index is 520. The first-order valence-electron chi connectivity index (χ1n) is 6.84. The Labute approximate surface area is 114 Å². The van der Waals surface area contributed by atoms with Gasteiger partial charge in [-0.05, 0) is 38.1 Å². The number of nitrogens with one attached hydrogen (secondary N) is 1. The number of aromatic nitrogens is 2. The molecule has 0 spiro atoms. The van der Waals surface area contributed by atoms with Gasteiger partial charge in [0.15, 0.2) is 0 Å². The number of benzene rings is 1. The van der Waals surface area contributed by atoms with Crippen molar-refractivity contribution < 1.29 is 0 Å². The number of anilines is 1. The van der Waals surface area contributed by atoms with Crippen molar-refractivity contribution in [1.29, 1.82) is 0 Å². The van der Waals surface area contributed by atoms with Crippen molar-refractivity contribution in [2.45, 2.75) is 6.42 Å². The Morgan fingerprint density at radius 1 is 1.32 bits per heavy atom. The third kappa shape index (κ3) is 2.79. The van der Waals surface area contributed by atoms with Gasteiger partial charge in [0.2, 0.25) is 5.95 Å². The predicted molar refractivity (Wildman–Crippen MR) is 77.7 cm³/mol. The summed E-state index contributed by atoms with van der Waals surface area (Å²) in [4.78, 5) is 6.80. The highest BCUT2D eigenvalue weighted by Gasteiger charge is 2.19. The summed E-state index contributed by atoms with van der Waals surface area (Å²) in [5.74, 6) is 1.66. The molecule has 4 nitrogen and oxygen atoms in total. The first-order chi connectivity index (χ1) is 9.33. The molecule has 2 heterocycles. The number of hydrogen-bond acceptors (Lipinski definition) is 3. The number of rotatable bonds is 4. The van der Waals surface area contributed by atoms with Gasteiger partial charge in [0.1, 0.15) is 0 Å².